The molecule has 0 saturated heterocycles. The van der Waals surface area contributed by atoms with Crippen LogP contribution in [-0.4, -0.2) is 18.7 Å². The zero-order valence-electron chi connectivity index (χ0n) is 16.4. The van der Waals surface area contributed by atoms with Crippen molar-refractivity contribution in [2.75, 3.05) is 11.9 Å². The number of hydrogen-bond acceptors (Lipinski definition) is 6. The Labute approximate surface area is 167 Å². The molecule has 0 aliphatic heterocycles. The molecular formula is C22H21NO6. The lowest BCUT2D eigenvalue weighted by Crippen LogP contribution is -2.13. The molecule has 29 heavy (non-hydrogen) atoms. The quantitative estimate of drug-likeness (QED) is 0.510. The molecule has 150 valence electrons. The van der Waals surface area contributed by atoms with Crippen LogP contribution in [0.25, 0.3) is 11.0 Å². The van der Waals surface area contributed by atoms with E-state index >= 15 is 0 Å². The number of esters is 1. The number of anilines is 1. The number of amides is 1. The Balaban J connectivity index is 1.84. The zero-order valence-corrected chi connectivity index (χ0v) is 16.4. The van der Waals surface area contributed by atoms with Gasteiger partial charge in [0.15, 0.2) is 0 Å². The molecule has 1 amide bonds. The van der Waals surface area contributed by atoms with Crippen LogP contribution < -0.4 is 10.9 Å². The summed E-state index contributed by atoms with van der Waals surface area (Å²) in [4.78, 5) is 36.0. The van der Waals surface area contributed by atoms with Gasteiger partial charge in [-0.05, 0) is 50.1 Å². The predicted molar refractivity (Wildman–Crippen MR) is 108 cm³/mol. The molecule has 0 bridgehead atoms. The van der Waals surface area contributed by atoms with E-state index in [1.165, 1.54) is 12.1 Å². The SMILES string of the molecule is CCOC(=O)Nc1ccc2c(COC(=O)c3cccc(C)c3C)cc(=O)oc2c1. The van der Waals surface area contributed by atoms with Gasteiger partial charge in [0.2, 0.25) is 0 Å². The molecule has 0 unspecified atom stereocenters. The van der Waals surface area contributed by atoms with Gasteiger partial charge < -0.3 is 13.9 Å². The number of rotatable bonds is 5. The van der Waals surface area contributed by atoms with E-state index in [0.29, 0.717) is 22.2 Å². The molecule has 3 aromatic rings. The van der Waals surface area contributed by atoms with Crippen LogP contribution in [0.4, 0.5) is 10.5 Å². The maximum absolute atomic E-state index is 12.5. The number of aryl methyl sites for hydroxylation is 1. The van der Waals surface area contributed by atoms with E-state index in [1.54, 1.807) is 31.2 Å². The second-order valence-electron chi connectivity index (χ2n) is 6.47. The van der Waals surface area contributed by atoms with Crippen LogP contribution in [0, 0.1) is 13.8 Å². The normalized spacial score (nSPS) is 10.6. The number of nitrogens with one attached hydrogen (secondary N) is 1. The molecule has 2 aromatic carbocycles. The summed E-state index contributed by atoms with van der Waals surface area (Å²) in [5, 5.41) is 3.15. The van der Waals surface area contributed by atoms with Crippen molar-refractivity contribution in [2.24, 2.45) is 0 Å². The molecule has 1 N–H and O–H groups in total. The highest BCUT2D eigenvalue weighted by atomic mass is 16.5. The van der Waals surface area contributed by atoms with Gasteiger partial charge in [-0.15, -0.1) is 0 Å². The fraction of sp³-hybridized carbons (Fsp3) is 0.227. The number of ether oxygens (including phenoxy) is 2. The van der Waals surface area contributed by atoms with Crippen LogP contribution in [0.5, 0.6) is 0 Å². The van der Waals surface area contributed by atoms with Gasteiger partial charge in [-0.2, -0.15) is 0 Å². The van der Waals surface area contributed by atoms with Crippen LogP contribution in [0.2, 0.25) is 0 Å². The van der Waals surface area contributed by atoms with Crippen molar-refractivity contribution in [3.8, 4) is 0 Å². The summed E-state index contributed by atoms with van der Waals surface area (Å²) in [6.45, 7) is 5.63. The largest absolute Gasteiger partial charge is 0.457 e. The minimum atomic E-state index is -0.604. The molecule has 0 spiro atoms. The van der Waals surface area contributed by atoms with E-state index in [4.69, 9.17) is 13.9 Å². The maximum atomic E-state index is 12.5. The predicted octanol–water partition coefficient (Wildman–Crippen LogP) is 4.34. The molecule has 0 atom stereocenters. The van der Waals surface area contributed by atoms with Gasteiger partial charge in [-0.25, -0.2) is 14.4 Å². The first-order valence-electron chi connectivity index (χ1n) is 9.13. The number of carbonyl (C=O) groups is 2. The van der Waals surface area contributed by atoms with E-state index in [1.807, 2.05) is 19.9 Å². The van der Waals surface area contributed by atoms with Gasteiger partial charge in [-0.1, -0.05) is 12.1 Å². The van der Waals surface area contributed by atoms with Crippen LogP contribution in [0.1, 0.15) is 34.0 Å². The van der Waals surface area contributed by atoms with Gasteiger partial charge in [0.1, 0.15) is 12.2 Å². The van der Waals surface area contributed by atoms with E-state index in [0.717, 1.165) is 11.1 Å². The standard InChI is InChI=1S/C22H21NO6/c1-4-27-22(26)23-16-8-9-18-15(10-20(24)29-19(18)11-16)12-28-21(25)17-7-5-6-13(2)14(17)3/h5-11H,4,12H2,1-3H3,(H,23,26). The number of carbonyl (C=O) groups excluding carboxylic acids is 2. The molecule has 7 heteroatoms. The van der Waals surface area contributed by atoms with Crippen LogP contribution in [-0.2, 0) is 16.1 Å². The summed E-state index contributed by atoms with van der Waals surface area (Å²) in [5.74, 6) is -0.465. The van der Waals surface area contributed by atoms with Crippen molar-refractivity contribution in [3.05, 3.63) is 75.1 Å². The second kappa shape index (κ2) is 8.60. The molecule has 7 nitrogen and oxygen atoms in total. The molecule has 0 fully saturated rings. The Morgan fingerprint density at radius 3 is 2.62 bits per heavy atom. The van der Waals surface area contributed by atoms with Crippen molar-refractivity contribution in [1.82, 2.24) is 0 Å². The Morgan fingerprint density at radius 2 is 1.86 bits per heavy atom. The van der Waals surface area contributed by atoms with E-state index in [-0.39, 0.29) is 18.8 Å². The zero-order chi connectivity index (χ0) is 21.0. The van der Waals surface area contributed by atoms with E-state index in [9.17, 15) is 14.4 Å². The number of hydrogen-bond donors (Lipinski definition) is 1. The van der Waals surface area contributed by atoms with Crippen LogP contribution in [0.3, 0.4) is 0 Å². The van der Waals surface area contributed by atoms with Gasteiger partial charge in [0.25, 0.3) is 0 Å². The topological polar surface area (TPSA) is 94.8 Å². The summed E-state index contributed by atoms with van der Waals surface area (Å²) in [6, 6.07) is 11.6. The van der Waals surface area contributed by atoms with Crippen molar-refractivity contribution in [3.63, 3.8) is 0 Å². The Bertz CT molecular complexity index is 1130. The Kier molecular flexibility index (Phi) is 5.97. The highest BCUT2D eigenvalue weighted by Gasteiger charge is 2.14. The monoisotopic (exact) mass is 395 g/mol. The summed E-state index contributed by atoms with van der Waals surface area (Å²) in [7, 11) is 0. The lowest BCUT2D eigenvalue weighted by atomic mass is 10.0. The average Bonchev–Trinajstić information content (AvgIpc) is 2.67. The van der Waals surface area contributed by atoms with Gasteiger partial charge in [0.05, 0.1) is 12.2 Å². The number of fused-ring (bicyclic) bond motifs is 1. The first-order chi connectivity index (χ1) is 13.9. The molecule has 0 aliphatic rings. The lowest BCUT2D eigenvalue weighted by Gasteiger charge is -2.11. The van der Waals surface area contributed by atoms with Gasteiger partial charge >= 0.3 is 17.7 Å². The van der Waals surface area contributed by atoms with Crippen molar-refractivity contribution >= 4 is 28.7 Å². The smallest absolute Gasteiger partial charge is 0.411 e. The number of benzene rings is 2. The maximum Gasteiger partial charge on any atom is 0.411 e. The van der Waals surface area contributed by atoms with Crippen molar-refractivity contribution in [2.45, 2.75) is 27.4 Å². The van der Waals surface area contributed by atoms with Gasteiger partial charge in [0, 0.05) is 28.8 Å². The van der Waals surface area contributed by atoms with Crippen LogP contribution >= 0.6 is 0 Å². The van der Waals surface area contributed by atoms with Crippen molar-refractivity contribution < 1.29 is 23.5 Å². The van der Waals surface area contributed by atoms with Gasteiger partial charge in [-0.3, -0.25) is 5.32 Å². The average molecular weight is 395 g/mol. The molecule has 0 saturated carbocycles. The summed E-state index contributed by atoms with van der Waals surface area (Å²) >= 11 is 0. The van der Waals surface area contributed by atoms with Crippen molar-refractivity contribution in [1.29, 1.82) is 0 Å². The molecule has 1 heterocycles. The lowest BCUT2D eigenvalue weighted by molar-refractivity contribution is 0.0472. The summed E-state index contributed by atoms with van der Waals surface area (Å²) in [6.07, 6.45) is -0.604. The highest BCUT2D eigenvalue weighted by Crippen LogP contribution is 2.23. The molecule has 1 aromatic heterocycles. The second-order valence-corrected chi connectivity index (χ2v) is 6.47. The minimum Gasteiger partial charge on any atom is -0.457 e. The third-order valence-corrected chi connectivity index (χ3v) is 4.54. The molecule has 3 rings (SSSR count). The fourth-order valence-electron chi connectivity index (χ4n) is 2.91. The molecule has 0 radical (unpaired) electrons. The first-order valence-corrected chi connectivity index (χ1v) is 9.13. The minimum absolute atomic E-state index is 0.0844. The molecular weight excluding hydrogens is 374 g/mol. The Hall–Kier alpha value is -3.61. The van der Waals surface area contributed by atoms with Crippen LogP contribution in [0.15, 0.2) is 51.7 Å². The van der Waals surface area contributed by atoms with E-state index < -0.39 is 17.7 Å². The summed E-state index contributed by atoms with van der Waals surface area (Å²) < 4.78 is 15.5. The Morgan fingerprint density at radius 1 is 1.07 bits per heavy atom. The fourth-order valence-corrected chi connectivity index (χ4v) is 2.91. The first kappa shape index (κ1) is 20.1. The van der Waals surface area contributed by atoms with E-state index in [2.05, 4.69) is 5.32 Å². The molecule has 0 aliphatic carbocycles. The third-order valence-electron chi connectivity index (χ3n) is 4.54. The third kappa shape index (κ3) is 4.63. The highest BCUT2D eigenvalue weighted by molar-refractivity contribution is 5.92. The summed E-state index contributed by atoms with van der Waals surface area (Å²) in [5.41, 5.74) is 2.95.